The van der Waals surface area contributed by atoms with Crippen molar-refractivity contribution in [2.75, 3.05) is 0 Å². The second-order valence-corrected chi connectivity index (χ2v) is 4.89. The summed E-state index contributed by atoms with van der Waals surface area (Å²) in [7, 11) is 0. The van der Waals surface area contributed by atoms with E-state index in [1.807, 2.05) is 0 Å². The Kier molecular flexibility index (Phi) is 4.85. The van der Waals surface area contributed by atoms with Crippen LogP contribution in [-0.4, -0.2) is 11.9 Å². The molecule has 0 radical (unpaired) electrons. The van der Waals surface area contributed by atoms with Crippen molar-refractivity contribution in [3.8, 4) is 0 Å². The number of rotatable bonds is 2. The van der Waals surface area contributed by atoms with E-state index in [-0.39, 0.29) is 11.6 Å². The Morgan fingerprint density at radius 1 is 1.16 bits per heavy atom. The van der Waals surface area contributed by atoms with Crippen LogP contribution in [0.2, 0.25) is 0 Å². The Bertz CT molecular complexity index is 452. The Labute approximate surface area is 111 Å². The van der Waals surface area contributed by atoms with Crippen LogP contribution >= 0.6 is 0 Å². The van der Waals surface area contributed by atoms with Gasteiger partial charge in [0.15, 0.2) is 0 Å². The monoisotopic (exact) mass is 267 g/mol. The standard InChI is InChI=1S/C14H19F2N3/c15-10-7-8-12(13(16)9-10)14(19-17)18-11-5-3-1-2-4-6-11/h7-9,11H,1-6,17H2,(H,18,19). The lowest BCUT2D eigenvalue weighted by Gasteiger charge is -2.13. The minimum absolute atomic E-state index is 0.165. The molecule has 1 aliphatic carbocycles. The van der Waals surface area contributed by atoms with Crippen LogP contribution in [0.5, 0.6) is 0 Å². The molecule has 1 aromatic carbocycles. The van der Waals surface area contributed by atoms with Gasteiger partial charge >= 0.3 is 0 Å². The van der Waals surface area contributed by atoms with Crippen molar-refractivity contribution >= 4 is 5.84 Å². The predicted molar refractivity (Wildman–Crippen MR) is 71.7 cm³/mol. The number of amidine groups is 1. The van der Waals surface area contributed by atoms with Crippen LogP contribution in [-0.2, 0) is 0 Å². The van der Waals surface area contributed by atoms with Gasteiger partial charge in [-0.05, 0) is 25.0 Å². The van der Waals surface area contributed by atoms with Crippen molar-refractivity contribution in [3.63, 3.8) is 0 Å². The van der Waals surface area contributed by atoms with Crippen LogP contribution in [0.3, 0.4) is 0 Å². The summed E-state index contributed by atoms with van der Waals surface area (Å²) in [4.78, 5) is 4.49. The third-order valence-electron chi connectivity index (χ3n) is 3.46. The van der Waals surface area contributed by atoms with E-state index in [0.717, 1.165) is 31.7 Å². The molecule has 1 fully saturated rings. The van der Waals surface area contributed by atoms with E-state index in [9.17, 15) is 8.78 Å². The molecule has 0 aromatic heterocycles. The van der Waals surface area contributed by atoms with Gasteiger partial charge in [0.2, 0.25) is 0 Å². The molecule has 19 heavy (non-hydrogen) atoms. The second-order valence-electron chi connectivity index (χ2n) is 4.89. The number of hydrazine groups is 1. The number of nitrogens with two attached hydrogens (primary N) is 1. The number of benzene rings is 1. The maximum absolute atomic E-state index is 13.7. The van der Waals surface area contributed by atoms with Gasteiger partial charge in [-0.3, -0.25) is 4.99 Å². The van der Waals surface area contributed by atoms with Crippen LogP contribution in [0.1, 0.15) is 44.1 Å². The zero-order valence-electron chi connectivity index (χ0n) is 10.8. The first-order valence-corrected chi connectivity index (χ1v) is 6.70. The van der Waals surface area contributed by atoms with E-state index in [1.165, 1.54) is 25.0 Å². The highest BCUT2D eigenvalue weighted by atomic mass is 19.1. The highest BCUT2D eigenvalue weighted by Crippen LogP contribution is 2.20. The van der Waals surface area contributed by atoms with E-state index in [2.05, 4.69) is 10.4 Å². The maximum Gasteiger partial charge on any atom is 0.145 e. The Balaban J connectivity index is 2.22. The van der Waals surface area contributed by atoms with E-state index in [1.54, 1.807) is 0 Å². The topological polar surface area (TPSA) is 50.4 Å². The number of hydrogen-bond acceptors (Lipinski definition) is 2. The number of nitrogens with one attached hydrogen (secondary N) is 1. The first-order chi connectivity index (χ1) is 9.20. The molecule has 1 saturated carbocycles. The van der Waals surface area contributed by atoms with E-state index in [4.69, 9.17) is 5.84 Å². The second kappa shape index (κ2) is 6.61. The van der Waals surface area contributed by atoms with Crippen molar-refractivity contribution in [2.24, 2.45) is 10.8 Å². The normalized spacial score (nSPS) is 18.2. The van der Waals surface area contributed by atoms with Crippen LogP contribution in [0.25, 0.3) is 0 Å². The lowest BCUT2D eigenvalue weighted by molar-refractivity contribution is 0.574. The summed E-state index contributed by atoms with van der Waals surface area (Å²) in [5.41, 5.74) is 2.65. The van der Waals surface area contributed by atoms with Crippen molar-refractivity contribution in [3.05, 3.63) is 35.4 Å². The summed E-state index contributed by atoms with van der Waals surface area (Å²) in [6.07, 6.45) is 6.71. The van der Waals surface area contributed by atoms with Gasteiger partial charge < -0.3 is 5.43 Å². The molecular formula is C14H19F2N3. The molecule has 104 valence electrons. The average molecular weight is 267 g/mol. The molecule has 0 saturated heterocycles. The first kappa shape index (κ1) is 13.9. The van der Waals surface area contributed by atoms with Crippen molar-refractivity contribution < 1.29 is 8.78 Å². The predicted octanol–water partition coefficient (Wildman–Crippen LogP) is 2.90. The van der Waals surface area contributed by atoms with Gasteiger partial charge in [-0.1, -0.05) is 25.7 Å². The van der Waals surface area contributed by atoms with E-state index in [0.29, 0.717) is 5.84 Å². The first-order valence-electron chi connectivity index (χ1n) is 6.70. The van der Waals surface area contributed by atoms with E-state index >= 15 is 0 Å². The highest BCUT2D eigenvalue weighted by Gasteiger charge is 2.15. The molecule has 5 heteroatoms. The molecule has 0 heterocycles. The van der Waals surface area contributed by atoms with Crippen LogP contribution < -0.4 is 11.3 Å². The summed E-state index contributed by atoms with van der Waals surface area (Å²) in [6, 6.07) is 3.58. The summed E-state index contributed by atoms with van der Waals surface area (Å²) < 4.78 is 26.6. The van der Waals surface area contributed by atoms with Gasteiger partial charge in [0.05, 0.1) is 11.6 Å². The van der Waals surface area contributed by atoms with Crippen LogP contribution in [0.15, 0.2) is 23.2 Å². The molecule has 0 unspecified atom stereocenters. The number of aliphatic imine (C=N–C) groups is 1. The molecule has 0 aliphatic heterocycles. The average Bonchev–Trinajstić information content (AvgIpc) is 2.65. The smallest absolute Gasteiger partial charge is 0.145 e. The largest absolute Gasteiger partial charge is 0.308 e. The SMILES string of the molecule is NNC(=NC1CCCCCC1)c1ccc(F)cc1F. The van der Waals surface area contributed by atoms with Gasteiger partial charge in [-0.2, -0.15) is 0 Å². The van der Waals surface area contributed by atoms with Crippen molar-refractivity contribution in [1.29, 1.82) is 0 Å². The van der Waals surface area contributed by atoms with Crippen LogP contribution in [0.4, 0.5) is 8.78 Å². The molecule has 0 atom stereocenters. The lowest BCUT2D eigenvalue weighted by atomic mass is 10.1. The van der Waals surface area contributed by atoms with Gasteiger partial charge in [0.25, 0.3) is 0 Å². The number of nitrogens with zero attached hydrogens (tertiary/aromatic N) is 1. The summed E-state index contributed by atoms with van der Waals surface area (Å²) in [5, 5.41) is 0. The molecule has 3 nitrogen and oxygen atoms in total. The molecule has 3 N–H and O–H groups in total. The van der Waals surface area contributed by atoms with Crippen molar-refractivity contribution in [2.45, 2.75) is 44.6 Å². The quantitative estimate of drug-likeness (QED) is 0.284. The minimum atomic E-state index is -0.648. The molecule has 0 bridgehead atoms. The Morgan fingerprint density at radius 2 is 1.84 bits per heavy atom. The Morgan fingerprint density at radius 3 is 2.42 bits per heavy atom. The fourth-order valence-electron chi connectivity index (χ4n) is 2.44. The van der Waals surface area contributed by atoms with Gasteiger partial charge in [-0.15, -0.1) is 0 Å². The summed E-state index contributed by atoms with van der Waals surface area (Å²) in [5.74, 6) is 4.47. The van der Waals surface area contributed by atoms with Gasteiger partial charge in [-0.25, -0.2) is 14.6 Å². The van der Waals surface area contributed by atoms with Gasteiger partial charge in [0, 0.05) is 6.07 Å². The van der Waals surface area contributed by atoms with E-state index < -0.39 is 11.6 Å². The van der Waals surface area contributed by atoms with Crippen molar-refractivity contribution in [1.82, 2.24) is 5.43 Å². The highest BCUT2D eigenvalue weighted by molar-refractivity contribution is 5.98. The molecular weight excluding hydrogens is 248 g/mol. The zero-order valence-corrected chi connectivity index (χ0v) is 10.8. The number of halogens is 2. The fraction of sp³-hybridized carbons (Fsp3) is 0.500. The maximum atomic E-state index is 13.7. The van der Waals surface area contributed by atoms with Gasteiger partial charge in [0.1, 0.15) is 17.5 Å². The number of hydrogen-bond donors (Lipinski definition) is 2. The van der Waals surface area contributed by atoms with Crippen LogP contribution in [0, 0.1) is 11.6 Å². The molecule has 1 aliphatic rings. The third-order valence-corrected chi connectivity index (χ3v) is 3.46. The lowest BCUT2D eigenvalue weighted by Crippen LogP contribution is -2.33. The molecule has 0 amide bonds. The molecule has 0 spiro atoms. The third kappa shape index (κ3) is 3.73. The Hall–Kier alpha value is -1.49. The summed E-state index contributed by atoms with van der Waals surface area (Å²) in [6.45, 7) is 0. The zero-order chi connectivity index (χ0) is 13.7. The summed E-state index contributed by atoms with van der Waals surface area (Å²) >= 11 is 0. The fourth-order valence-corrected chi connectivity index (χ4v) is 2.44. The molecule has 2 rings (SSSR count). The minimum Gasteiger partial charge on any atom is -0.308 e. The molecule has 1 aromatic rings.